The van der Waals surface area contributed by atoms with Gasteiger partial charge in [-0.2, -0.15) is 0 Å². The molecular weight excluding hydrogens is 350 g/mol. The van der Waals surface area contributed by atoms with Crippen molar-refractivity contribution in [3.05, 3.63) is 53.6 Å². The van der Waals surface area contributed by atoms with Crippen LogP contribution in [0.5, 0.6) is 0 Å². The van der Waals surface area contributed by atoms with E-state index in [-0.39, 0.29) is 11.8 Å². The van der Waals surface area contributed by atoms with Gasteiger partial charge in [0.15, 0.2) is 0 Å². The van der Waals surface area contributed by atoms with Crippen LogP contribution in [0.1, 0.15) is 34.1 Å². The zero-order valence-corrected chi connectivity index (χ0v) is 16.4. The van der Waals surface area contributed by atoms with Crippen LogP contribution < -0.4 is 0 Å². The van der Waals surface area contributed by atoms with Crippen LogP contribution in [0.15, 0.2) is 47.5 Å². The molecule has 4 rings (SSSR count). The fourth-order valence-electron chi connectivity index (χ4n) is 3.76. The Labute approximate surface area is 164 Å². The molecule has 0 spiro atoms. The fraction of sp³-hybridized carbons (Fsp3) is 0.261. The lowest BCUT2D eigenvalue weighted by atomic mass is 9.89. The molecule has 142 valence electrons. The minimum absolute atomic E-state index is 0.218. The minimum Gasteiger partial charge on any atom is -0.308 e. The van der Waals surface area contributed by atoms with E-state index >= 15 is 0 Å². The molecular formula is C23H23N3O2. The Morgan fingerprint density at radius 2 is 1.82 bits per heavy atom. The highest BCUT2D eigenvalue weighted by molar-refractivity contribution is 6.31. The van der Waals surface area contributed by atoms with Crippen molar-refractivity contribution in [2.45, 2.75) is 13.3 Å². The Balaban J connectivity index is 2.01. The largest absolute Gasteiger partial charge is 0.308 e. The molecule has 0 aliphatic carbocycles. The smallest absolute Gasteiger partial charge is 0.262 e. The molecule has 0 saturated heterocycles. The summed E-state index contributed by atoms with van der Waals surface area (Å²) in [6.45, 7) is 3.03. The predicted molar refractivity (Wildman–Crippen MR) is 114 cm³/mol. The van der Waals surface area contributed by atoms with E-state index in [4.69, 9.17) is 0 Å². The number of hydrogen-bond donors (Lipinski definition) is 0. The van der Waals surface area contributed by atoms with Gasteiger partial charge in [-0.3, -0.25) is 19.5 Å². The Morgan fingerprint density at radius 3 is 2.57 bits per heavy atom. The summed E-state index contributed by atoms with van der Waals surface area (Å²) in [5.41, 5.74) is 2.04. The van der Waals surface area contributed by atoms with Crippen LogP contribution in [-0.4, -0.2) is 55.0 Å². The summed E-state index contributed by atoms with van der Waals surface area (Å²) < 4.78 is 0. The molecule has 0 aromatic heterocycles. The maximum atomic E-state index is 13.4. The topological polar surface area (TPSA) is 53.0 Å². The summed E-state index contributed by atoms with van der Waals surface area (Å²) in [4.78, 5) is 34.4. The van der Waals surface area contributed by atoms with Gasteiger partial charge in [-0.15, -0.1) is 0 Å². The number of imide groups is 1. The Hall–Kier alpha value is -3.05. The summed E-state index contributed by atoms with van der Waals surface area (Å²) in [5, 5.41) is 3.43. The molecule has 5 nitrogen and oxygen atoms in total. The second-order valence-electron chi connectivity index (χ2n) is 7.31. The summed E-state index contributed by atoms with van der Waals surface area (Å²) in [6, 6.07) is 13.5. The number of nitrogens with zero attached hydrogens (tertiary/aromatic N) is 3. The van der Waals surface area contributed by atoms with Gasteiger partial charge in [0.25, 0.3) is 11.8 Å². The van der Waals surface area contributed by atoms with E-state index < -0.39 is 0 Å². The number of benzene rings is 3. The third-order valence-corrected chi connectivity index (χ3v) is 5.12. The Kier molecular flexibility index (Phi) is 4.69. The van der Waals surface area contributed by atoms with Crippen LogP contribution in [0, 0.1) is 0 Å². The molecule has 5 heteroatoms. The zero-order chi connectivity index (χ0) is 19.8. The van der Waals surface area contributed by atoms with Gasteiger partial charge in [0.05, 0.1) is 11.3 Å². The SMILES string of the molecule is CC/C=N/c1cccc2c3c4c(cccc4cc12)C(=O)N(CCN(C)C)C3=O. The van der Waals surface area contributed by atoms with Gasteiger partial charge in [-0.1, -0.05) is 31.2 Å². The van der Waals surface area contributed by atoms with Crippen molar-refractivity contribution in [3.63, 3.8) is 0 Å². The van der Waals surface area contributed by atoms with Crippen molar-refractivity contribution in [2.75, 3.05) is 27.2 Å². The number of likely N-dealkylation sites (N-methyl/N-ethyl adjacent to an activating group) is 1. The van der Waals surface area contributed by atoms with E-state index in [0.29, 0.717) is 24.2 Å². The molecule has 0 fully saturated rings. The quantitative estimate of drug-likeness (QED) is 0.381. The molecule has 0 unspecified atom stereocenters. The summed E-state index contributed by atoms with van der Waals surface area (Å²) >= 11 is 0. The highest BCUT2D eigenvalue weighted by atomic mass is 16.2. The van der Waals surface area contributed by atoms with Gasteiger partial charge in [-0.25, -0.2) is 0 Å². The van der Waals surface area contributed by atoms with Crippen molar-refractivity contribution in [1.29, 1.82) is 0 Å². The highest BCUT2D eigenvalue weighted by Gasteiger charge is 2.34. The average Bonchev–Trinajstić information content (AvgIpc) is 2.68. The van der Waals surface area contributed by atoms with Gasteiger partial charge >= 0.3 is 0 Å². The van der Waals surface area contributed by atoms with Crippen molar-refractivity contribution in [2.24, 2.45) is 4.99 Å². The van der Waals surface area contributed by atoms with Crippen LogP contribution >= 0.6 is 0 Å². The summed E-state index contributed by atoms with van der Waals surface area (Å²) in [7, 11) is 3.86. The number of carbonyl (C=O) groups is 2. The molecule has 0 N–H and O–H groups in total. The standard InChI is InChI=1S/C23H23N3O2/c1-4-11-24-19-10-6-8-16-18(19)14-15-7-5-9-17-20(15)21(16)23(28)26(22(17)27)13-12-25(2)3/h5-11,14H,4,12-13H2,1-3H3/b24-11+. The molecule has 3 aromatic rings. The van der Waals surface area contributed by atoms with Crippen LogP contribution in [0.4, 0.5) is 5.69 Å². The van der Waals surface area contributed by atoms with Gasteiger partial charge < -0.3 is 4.90 Å². The second kappa shape index (κ2) is 7.17. The number of fused-ring (bicyclic) bond motifs is 2. The number of hydrogen-bond acceptors (Lipinski definition) is 4. The van der Waals surface area contributed by atoms with Crippen LogP contribution in [0.2, 0.25) is 0 Å². The van der Waals surface area contributed by atoms with E-state index in [1.807, 2.05) is 74.6 Å². The van der Waals surface area contributed by atoms with Crippen molar-refractivity contribution < 1.29 is 9.59 Å². The highest BCUT2D eigenvalue weighted by Crippen LogP contribution is 2.38. The molecule has 28 heavy (non-hydrogen) atoms. The van der Waals surface area contributed by atoms with Crippen LogP contribution in [-0.2, 0) is 0 Å². The maximum Gasteiger partial charge on any atom is 0.262 e. The lowest BCUT2D eigenvalue weighted by Crippen LogP contribution is -2.43. The molecule has 2 amide bonds. The fourth-order valence-corrected chi connectivity index (χ4v) is 3.76. The van der Waals surface area contributed by atoms with E-state index in [1.54, 1.807) is 0 Å². The molecule has 3 aromatic carbocycles. The molecule has 0 radical (unpaired) electrons. The summed E-state index contributed by atoms with van der Waals surface area (Å²) in [5.74, 6) is -0.442. The average molecular weight is 373 g/mol. The molecule has 1 aliphatic heterocycles. The van der Waals surface area contributed by atoms with Crippen molar-refractivity contribution in [1.82, 2.24) is 9.80 Å². The number of carbonyl (C=O) groups excluding carboxylic acids is 2. The lowest BCUT2D eigenvalue weighted by Gasteiger charge is -2.29. The van der Waals surface area contributed by atoms with E-state index in [9.17, 15) is 9.59 Å². The molecule has 1 heterocycles. The maximum absolute atomic E-state index is 13.4. The molecule has 1 aliphatic rings. The first-order chi connectivity index (χ1) is 13.5. The van der Waals surface area contributed by atoms with E-state index in [1.165, 1.54) is 4.90 Å². The van der Waals surface area contributed by atoms with Crippen molar-refractivity contribution >= 4 is 45.3 Å². The molecule has 0 bridgehead atoms. The van der Waals surface area contributed by atoms with Crippen LogP contribution in [0.3, 0.4) is 0 Å². The number of aliphatic imine (C=N–C) groups is 1. The van der Waals surface area contributed by atoms with Gasteiger partial charge in [0, 0.05) is 35.6 Å². The monoisotopic (exact) mass is 373 g/mol. The Morgan fingerprint density at radius 1 is 1.04 bits per heavy atom. The number of rotatable bonds is 5. The first kappa shape index (κ1) is 18.3. The van der Waals surface area contributed by atoms with Gasteiger partial charge in [0.1, 0.15) is 0 Å². The van der Waals surface area contributed by atoms with E-state index in [0.717, 1.165) is 33.7 Å². The number of amides is 2. The predicted octanol–water partition coefficient (Wildman–Crippen LogP) is 4.26. The van der Waals surface area contributed by atoms with Crippen LogP contribution in [0.25, 0.3) is 21.5 Å². The van der Waals surface area contributed by atoms with Gasteiger partial charge in [0.2, 0.25) is 0 Å². The lowest BCUT2D eigenvalue weighted by molar-refractivity contribution is 0.0602. The normalized spacial score (nSPS) is 14.2. The van der Waals surface area contributed by atoms with Gasteiger partial charge in [-0.05, 0) is 49.5 Å². The minimum atomic E-state index is -0.224. The second-order valence-corrected chi connectivity index (χ2v) is 7.31. The molecule has 0 atom stereocenters. The Bertz CT molecular complexity index is 1130. The van der Waals surface area contributed by atoms with Crippen molar-refractivity contribution in [3.8, 4) is 0 Å². The first-order valence-electron chi connectivity index (χ1n) is 9.54. The summed E-state index contributed by atoms with van der Waals surface area (Å²) in [6.07, 6.45) is 2.71. The first-order valence-corrected chi connectivity index (χ1v) is 9.54. The van der Waals surface area contributed by atoms with E-state index in [2.05, 4.69) is 4.99 Å². The third kappa shape index (κ3) is 2.88. The molecule has 0 saturated carbocycles. The third-order valence-electron chi connectivity index (χ3n) is 5.12. The zero-order valence-electron chi connectivity index (χ0n) is 16.4.